The van der Waals surface area contributed by atoms with E-state index in [-0.39, 0.29) is 31.3 Å². The first-order valence-corrected chi connectivity index (χ1v) is 8.69. The van der Waals surface area contributed by atoms with Crippen LogP contribution in [0.2, 0.25) is 0 Å². The van der Waals surface area contributed by atoms with Crippen LogP contribution in [0.1, 0.15) is 47.2 Å². The molecular formula is C19H29NO7. The third-order valence-electron chi connectivity index (χ3n) is 2.79. The summed E-state index contributed by atoms with van der Waals surface area (Å²) in [5.74, 6) is -0.671. The Bertz CT molecular complexity index is 644. The van der Waals surface area contributed by atoms with E-state index in [1.165, 1.54) is 6.20 Å². The monoisotopic (exact) mass is 383 g/mol. The Balaban J connectivity index is 2.81. The fourth-order valence-corrected chi connectivity index (χ4v) is 1.95. The molecular weight excluding hydrogens is 354 g/mol. The standard InChI is InChI=1S/C19H29NO7/c1-18(2,3)26-16(22)11-24-14-9-13(7-8-21)20-10-15(14)25-12-17(23)27-19(4,5)6/h9-10,21H,7-8,11-12H2,1-6H3. The summed E-state index contributed by atoms with van der Waals surface area (Å²) >= 11 is 0. The van der Waals surface area contributed by atoms with Crippen molar-refractivity contribution < 1.29 is 33.6 Å². The average molecular weight is 383 g/mol. The van der Waals surface area contributed by atoms with E-state index in [1.807, 2.05) is 0 Å². The van der Waals surface area contributed by atoms with Crippen LogP contribution in [-0.4, -0.2) is 53.1 Å². The molecule has 1 heterocycles. The zero-order valence-electron chi connectivity index (χ0n) is 16.8. The minimum atomic E-state index is -0.628. The highest BCUT2D eigenvalue weighted by molar-refractivity contribution is 5.72. The number of ether oxygens (including phenoxy) is 4. The van der Waals surface area contributed by atoms with Crippen molar-refractivity contribution >= 4 is 11.9 Å². The molecule has 1 aromatic rings. The van der Waals surface area contributed by atoms with Crippen LogP contribution < -0.4 is 9.47 Å². The highest BCUT2D eigenvalue weighted by Gasteiger charge is 2.20. The third kappa shape index (κ3) is 9.79. The SMILES string of the molecule is CC(C)(C)OC(=O)COc1cnc(CCO)cc1OCC(=O)OC(C)(C)C. The van der Waals surface area contributed by atoms with E-state index in [2.05, 4.69) is 4.98 Å². The van der Waals surface area contributed by atoms with Gasteiger partial charge in [-0.15, -0.1) is 0 Å². The molecule has 0 aliphatic rings. The summed E-state index contributed by atoms with van der Waals surface area (Å²) in [5, 5.41) is 9.06. The van der Waals surface area contributed by atoms with Crippen LogP contribution in [0.15, 0.2) is 12.3 Å². The summed E-state index contributed by atoms with van der Waals surface area (Å²) in [6.45, 7) is 9.78. The van der Waals surface area contributed by atoms with Crippen molar-refractivity contribution in [3.63, 3.8) is 0 Å². The molecule has 0 amide bonds. The Labute approximate surface area is 159 Å². The van der Waals surface area contributed by atoms with Gasteiger partial charge in [0, 0.05) is 24.8 Å². The van der Waals surface area contributed by atoms with Crippen LogP contribution in [0, 0.1) is 0 Å². The number of pyridine rings is 1. The molecule has 152 valence electrons. The third-order valence-corrected chi connectivity index (χ3v) is 2.79. The lowest BCUT2D eigenvalue weighted by Crippen LogP contribution is -2.28. The van der Waals surface area contributed by atoms with E-state index < -0.39 is 23.1 Å². The first kappa shape index (κ1) is 22.7. The minimum Gasteiger partial charge on any atom is -0.478 e. The van der Waals surface area contributed by atoms with Gasteiger partial charge in [0.1, 0.15) is 11.2 Å². The molecule has 0 fully saturated rings. The Morgan fingerprint density at radius 3 is 1.85 bits per heavy atom. The Hall–Kier alpha value is -2.35. The van der Waals surface area contributed by atoms with Crippen molar-refractivity contribution in [3.05, 3.63) is 18.0 Å². The molecule has 8 nitrogen and oxygen atoms in total. The number of esters is 2. The quantitative estimate of drug-likeness (QED) is 0.680. The van der Waals surface area contributed by atoms with Gasteiger partial charge in [-0.05, 0) is 41.5 Å². The molecule has 0 aliphatic heterocycles. The van der Waals surface area contributed by atoms with Gasteiger partial charge in [-0.25, -0.2) is 9.59 Å². The van der Waals surface area contributed by atoms with Gasteiger partial charge in [-0.1, -0.05) is 0 Å². The smallest absolute Gasteiger partial charge is 0.344 e. The van der Waals surface area contributed by atoms with E-state index in [9.17, 15) is 9.59 Å². The molecule has 0 saturated heterocycles. The predicted octanol–water partition coefficient (Wildman–Crippen LogP) is 2.06. The van der Waals surface area contributed by atoms with Crippen molar-refractivity contribution in [2.75, 3.05) is 19.8 Å². The zero-order chi connectivity index (χ0) is 20.7. The zero-order valence-corrected chi connectivity index (χ0v) is 16.8. The second-order valence-electron chi connectivity index (χ2n) is 7.85. The number of carbonyl (C=O) groups is 2. The lowest BCUT2D eigenvalue weighted by Gasteiger charge is -2.21. The van der Waals surface area contributed by atoms with Gasteiger partial charge in [0.2, 0.25) is 0 Å². The van der Waals surface area contributed by atoms with Gasteiger partial charge < -0.3 is 24.1 Å². The molecule has 8 heteroatoms. The molecule has 0 atom stereocenters. The van der Waals surface area contributed by atoms with Crippen molar-refractivity contribution in [1.29, 1.82) is 0 Å². The molecule has 27 heavy (non-hydrogen) atoms. The number of aromatic nitrogens is 1. The summed E-state index contributed by atoms with van der Waals surface area (Å²) in [5.41, 5.74) is -0.697. The largest absolute Gasteiger partial charge is 0.478 e. The second kappa shape index (κ2) is 9.55. The molecule has 1 N–H and O–H groups in total. The summed E-state index contributed by atoms with van der Waals surface area (Å²) in [4.78, 5) is 27.8. The van der Waals surface area contributed by atoms with Crippen LogP contribution in [-0.2, 0) is 25.5 Å². The number of aliphatic hydroxyl groups excluding tert-OH is 1. The Morgan fingerprint density at radius 2 is 1.41 bits per heavy atom. The molecule has 1 rings (SSSR count). The summed E-state index contributed by atoms with van der Waals surface area (Å²) in [6, 6.07) is 1.55. The summed E-state index contributed by atoms with van der Waals surface area (Å²) in [7, 11) is 0. The van der Waals surface area contributed by atoms with Gasteiger partial charge in [0.05, 0.1) is 6.20 Å². The maximum atomic E-state index is 11.9. The van der Waals surface area contributed by atoms with Gasteiger partial charge in [-0.2, -0.15) is 0 Å². The summed E-state index contributed by atoms with van der Waals surface area (Å²) in [6.07, 6.45) is 1.69. The number of rotatable bonds is 8. The van der Waals surface area contributed by atoms with Crippen molar-refractivity contribution in [1.82, 2.24) is 4.98 Å². The Morgan fingerprint density at radius 1 is 0.926 bits per heavy atom. The fourth-order valence-electron chi connectivity index (χ4n) is 1.95. The first-order chi connectivity index (χ1) is 12.4. The minimum absolute atomic E-state index is 0.0867. The van der Waals surface area contributed by atoms with E-state index in [1.54, 1.807) is 47.6 Å². The highest BCUT2D eigenvalue weighted by Crippen LogP contribution is 2.27. The van der Waals surface area contributed by atoms with Crippen LogP contribution in [0.4, 0.5) is 0 Å². The van der Waals surface area contributed by atoms with Gasteiger partial charge in [-0.3, -0.25) is 4.98 Å². The topological polar surface area (TPSA) is 104 Å². The van der Waals surface area contributed by atoms with Crippen LogP contribution in [0.3, 0.4) is 0 Å². The Kier molecular flexibility index (Phi) is 8.02. The fraction of sp³-hybridized carbons (Fsp3) is 0.632. The van der Waals surface area contributed by atoms with Crippen molar-refractivity contribution in [2.45, 2.75) is 59.2 Å². The molecule has 0 spiro atoms. The molecule has 0 bridgehead atoms. The maximum Gasteiger partial charge on any atom is 0.344 e. The molecule has 0 unspecified atom stereocenters. The maximum absolute atomic E-state index is 11.9. The number of carbonyl (C=O) groups excluding carboxylic acids is 2. The molecule has 0 aliphatic carbocycles. The lowest BCUT2D eigenvalue weighted by atomic mass is 10.2. The van der Waals surface area contributed by atoms with Gasteiger partial charge in [0.25, 0.3) is 0 Å². The summed E-state index contributed by atoms with van der Waals surface area (Å²) < 4.78 is 21.3. The van der Waals surface area contributed by atoms with E-state index in [0.717, 1.165) is 0 Å². The highest BCUT2D eigenvalue weighted by atomic mass is 16.6. The van der Waals surface area contributed by atoms with Crippen molar-refractivity contribution in [3.8, 4) is 11.5 Å². The van der Waals surface area contributed by atoms with Gasteiger partial charge >= 0.3 is 11.9 Å². The van der Waals surface area contributed by atoms with E-state index in [4.69, 9.17) is 24.1 Å². The predicted molar refractivity (Wildman–Crippen MR) is 97.7 cm³/mol. The molecule has 0 aromatic carbocycles. The molecule has 0 radical (unpaired) electrons. The lowest BCUT2D eigenvalue weighted by molar-refractivity contribution is -0.158. The van der Waals surface area contributed by atoms with Crippen LogP contribution in [0.5, 0.6) is 11.5 Å². The van der Waals surface area contributed by atoms with Crippen LogP contribution in [0.25, 0.3) is 0 Å². The molecule has 1 aromatic heterocycles. The van der Waals surface area contributed by atoms with E-state index in [0.29, 0.717) is 12.1 Å². The second-order valence-corrected chi connectivity index (χ2v) is 7.85. The number of aliphatic hydroxyl groups is 1. The first-order valence-electron chi connectivity index (χ1n) is 8.69. The van der Waals surface area contributed by atoms with Crippen molar-refractivity contribution in [2.24, 2.45) is 0 Å². The normalized spacial score (nSPS) is 11.7. The van der Waals surface area contributed by atoms with E-state index >= 15 is 0 Å². The van der Waals surface area contributed by atoms with Crippen LogP contribution >= 0.6 is 0 Å². The molecule has 0 saturated carbocycles. The van der Waals surface area contributed by atoms with Gasteiger partial charge in [0.15, 0.2) is 24.7 Å². The average Bonchev–Trinajstić information content (AvgIpc) is 2.49. The number of hydrogen-bond acceptors (Lipinski definition) is 8. The number of nitrogens with zero attached hydrogens (tertiary/aromatic N) is 1. The number of hydrogen-bond donors (Lipinski definition) is 1.